The van der Waals surface area contributed by atoms with Gasteiger partial charge in [-0.3, -0.25) is 4.79 Å². The van der Waals surface area contributed by atoms with E-state index in [0.717, 1.165) is 4.88 Å². The molecule has 0 atom stereocenters. The van der Waals surface area contributed by atoms with Crippen LogP contribution in [0.5, 0.6) is 23.0 Å². The third kappa shape index (κ3) is 3.60. The first-order chi connectivity index (χ1) is 14.1. The fraction of sp³-hybridized carbons (Fsp3) is 0.0909. The number of thiophene rings is 1. The molecule has 6 nitrogen and oxygen atoms in total. The SMILES string of the molecule is COc1cccc(OC)c1C(=O)Oc1ccc2c(c1)O/C(=C/c1cccs1)C2=O. The second kappa shape index (κ2) is 7.81. The summed E-state index contributed by atoms with van der Waals surface area (Å²) in [7, 11) is 2.92. The molecule has 0 saturated heterocycles. The van der Waals surface area contributed by atoms with Crippen LogP contribution in [0.15, 0.2) is 59.7 Å². The number of esters is 1. The number of carbonyl (C=O) groups is 2. The molecule has 0 aliphatic carbocycles. The number of hydrogen-bond acceptors (Lipinski definition) is 7. The average molecular weight is 408 g/mol. The monoisotopic (exact) mass is 408 g/mol. The second-order valence-corrected chi connectivity index (χ2v) is 7.02. The standard InChI is InChI=1S/C22H16O6S/c1-25-16-6-3-7-17(26-2)20(16)22(24)27-13-8-9-15-18(11-13)28-19(21(15)23)12-14-5-4-10-29-14/h3-12H,1-2H3/b19-12+. The highest BCUT2D eigenvalue weighted by Gasteiger charge is 2.28. The molecule has 0 N–H and O–H groups in total. The molecule has 0 amide bonds. The molecule has 1 aliphatic rings. The first kappa shape index (κ1) is 18.8. The average Bonchev–Trinajstić information content (AvgIpc) is 3.35. The third-order valence-corrected chi connectivity index (χ3v) is 5.12. The molecule has 0 unspecified atom stereocenters. The summed E-state index contributed by atoms with van der Waals surface area (Å²) in [6.45, 7) is 0. The van der Waals surface area contributed by atoms with Crippen LogP contribution in [0.4, 0.5) is 0 Å². The quantitative estimate of drug-likeness (QED) is 0.349. The number of ketones is 1. The Labute approximate surface area is 170 Å². The minimum Gasteiger partial charge on any atom is -0.496 e. The van der Waals surface area contributed by atoms with Crippen LogP contribution in [0.1, 0.15) is 25.6 Å². The Morgan fingerprint density at radius 1 is 1.03 bits per heavy atom. The van der Waals surface area contributed by atoms with Crippen LogP contribution < -0.4 is 18.9 Å². The molecule has 0 fully saturated rings. The van der Waals surface area contributed by atoms with Crippen LogP contribution in [0, 0.1) is 0 Å². The van der Waals surface area contributed by atoms with Crippen LogP contribution in [0.3, 0.4) is 0 Å². The highest BCUT2D eigenvalue weighted by atomic mass is 32.1. The highest BCUT2D eigenvalue weighted by molar-refractivity contribution is 7.10. The van der Waals surface area contributed by atoms with E-state index in [9.17, 15) is 9.59 Å². The van der Waals surface area contributed by atoms with Crippen molar-refractivity contribution >= 4 is 29.2 Å². The number of rotatable bonds is 5. The van der Waals surface area contributed by atoms with Crippen molar-refractivity contribution in [3.05, 3.63) is 75.7 Å². The van der Waals surface area contributed by atoms with Gasteiger partial charge in [-0.05, 0) is 35.7 Å². The molecule has 146 valence electrons. The molecular weight excluding hydrogens is 392 g/mol. The van der Waals surface area contributed by atoms with Crippen molar-refractivity contribution in [3.8, 4) is 23.0 Å². The zero-order valence-electron chi connectivity index (χ0n) is 15.6. The molecule has 0 saturated carbocycles. The summed E-state index contributed by atoms with van der Waals surface area (Å²) in [5.74, 6) is 0.640. The summed E-state index contributed by atoms with van der Waals surface area (Å²) in [4.78, 5) is 26.1. The van der Waals surface area contributed by atoms with Gasteiger partial charge in [0.05, 0.1) is 19.8 Å². The van der Waals surface area contributed by atoms with Crippen molar-refractivity contribution in [2.45, 2.75) is 0 Å². The Hall–Kier alpha value is -3.58. The van der Waals surface area contributed by atoms with Gasteiger partial charge in [0, 0.05) is 17.0 Å². The van der Waals surface area contributed by atoms with Crippen LogP contribution in [0.25, 0.3) is 6.08 Å². The second-order valence-electron chi connectivity index (χ2n) is 6.04. The number of hydrogen-bond donors (Lipinski definition) is 0. The van der Waals surface area contributed by atoms with E-state index in [1.807, 2.05) is 17.5 Å². The number of fused-ring (bicyclic) bond motifs is 1. The Balaban J connectivity index is 1.59. The highest BCUT2D eigenvalue weighted by Crippen LogP contribution is 2.36. The number of ether oxygens (including phenoxy) is 4. The zero-order valence-corrected chi connectivity index (χ0v) is 16.4. The maximum Gasteiger partial charge on any atom is 0.351 e. The van der Waals surface area contributed by atoms with Gasteiger partial charge < -0.3 is 18.9 Å². The summed E-state index contributed by atoms with van der Waals surface area (Å²) >= 11 is 1.50. The van der Waals surface area contributed by atoms with Crippen LogP contribution >= 0.6 is 11.3 Å². The summed E-state index contributed by atoms with van der Waals surface area (Å²) in [6.07, 6.45) is 1.69. The predicted molar refractivity (Wildman–Crippen MR) is 108 cm³/mol. The fourth-order valence-electron chi connectivity index (χ4n) is 2.94. The van der Waals surface area contributed by atoms with Gasteiger partial charge in [-0.25, -0.2) is 4.79 Å². The van der Waals surface area contributed by atoms with Gasteiger partial charge in [0.25, 0.3) is 0 Å². The Morgan fingerprint density at radius 3 is 2.45 bits per heavy atom. The smallest absolute Gasteiger partial charge is 0.351 e. The number of Topliss-reactive ketones (excluding diaryl/α,β-unsaturated/α-hetero) is 1. The Bertz CT molecular complexity index is 1090. The molecule has 0 spiro atoms. The Morgan fingerprint density at radius 2 is 1.79 bits per heavy atom. The molecule has 0 bridgehead atoms. The van der Waals surface area contributed by atoms with Crippen molar-refractivity contribution in [1.82, 2.24) is 0 Å². The van der Waals surface area contributed by atoms with Gasteiger partial charge in [-0.1, -0.05) is 12.1 Å². The first-order valence-electron chi connectivity index (χ1n) is 8.65. The predicted octanol–water partition coefficient (Wildman–Crippen LogP) is 4.60. The lowest BCUT2D eigenvalue weighted by molar-refractivity contribution is 0.0727. The molecule has 7 heteroatoms. The minimum atomic E-state index is -0.641. The number of methoxy groups -OCH3 is 2. The number of carbonyl (C=O) groups excluding carboxylic acids is 2. The maximum absolute atomic E-state index is 12.7. The van der Waals surface area contributed by atoms with Gasteiger partial charge in [-0.2, -0.15) is 0 Å². The molecule has 2 heterocycles. The van der Waals surface area contributed by atoms with Crippen molar-refractivity contribution in [2.75, 3.05) is 14.2 Å². The van der Waals surface area contributed by atoms with E-state index in [1.54, 1.807) is 36.4 Å². The fourth-order valence-corrected chi connectivity index (χ4v) is 3.59. The van der Waals surface area contributed by atoms with E-state index >= 15 is 0 Å². The molecule has 3 aromatic rings. The third-order valence-electron chi connectivity index (χ3n) is 4.30. The lowest BCUT2D eigenvalue weighted by Gasteiger charge is -2.12. The summed E-state index contributed by atoms with van der Waals surface area (Å²) in [5.41, 5.74) is 0.593. The molecule has 29 heavy (non-hydrogen) atoms. The minimum absolute atomic E-state index is 0.174. The topological polar surface area (TPSA) is 71.1 Å². The van der Waals surface area contributed by atoms with E-state index in [-0.39, 0.29) is 22.9 Å². The molecule has 1 aromatic heterocycles. The molecular formula is C22H16O6S. The van der Waals surface area contributed by atoms with Gasteiger partial charge in [0.2, 0.25) is 5.78 Å². The van der Waals surface area contributed by atoms with Crippen LogP contribution in [-0.4, -0.2) is 26.0 Å². The largest absolute Gasteiger partial charge is 0.496 e. The number of allylic oxidation sites excluding steroid dienone is 1. The lowest BCUT2D eigenvalue weighted by atomic mass is 10.1. The summed E-state index contributed by atoms with van der Waals surface area (Å²) in [6, 6.07) is 13.4. The van der Waals surface area contributed by atoms with E-state index in [4.69, 9.17) is 18.9 Å². The van der Waals surface area contributed by atoms with E-state index in [0.29, 0.717) is 22.8 Å². The van der Waals surface area contributed by atoms with Crippen molar-refractivity contribution in [2.24, 2.45) is 0 Å². The lowest BCUT2D eigenvalue weighted by Crippen LogP contribution is -2.12. The van der Waals surface area contributed by atoms with Crippen LogP contribution in [-0.2, 0) is 0 Å². The van der Waals surface area contributed by atoms with Gasteiger partial charge in [0.1, 0.15) is 28.6 Å². The van der Waals surface area contributed by atoms with Gasteiger partial charge in [-0.15, -0.1) is 11.3 Å². The van der Waals surface area contributed by atoms with Crippen molar-refractivity contribution in [1.29, 1.82) is 0 Å². The molecule has 1 aliphatic heterocycles. The first-order valence-corrected chi connectivity index (χ1v) is 9.53. The van der Waals surface area contributed by atoms with Gasteiger partial charge in [0.15, 0.2) is 5.76 Å². The van der Waals surface area contributed by atoms with E-state index in [2.05, 4.69) is 0 Å². The van der Waals surface area contributed by atoms with Gasteiger partial charge >= 0.3 is 5.97 Å². The Kier molecular flexibility index (Phi) is 5.05. The van der Waals surface area contributed by atoms with Crippen molar-refractivity contribution < 1.29 is 28.5 Å². The molecule has 4 rings (SSSR count). The normalized spacial score (nSPS) is 13.7. The number of benzene rings is 2. The van der Waals surface area contributed by atoms with Crippen LogP contribution in [0.2, 0.25) is 0 Å². The maximum atomic E-state index is 12.7. The van der Waals surface area contributed by atoms with E-state index in [1.165, 1.54) is 31.6 Å². The molecule has 0 radical (unpaired) electrons. The summed E-state index contributed by atoms with van der Waals surface area (Å²) < 4.78 is 21.7. The molecule has 2 aromatic carbocycles. The summed E-state index contributed by atoms with van der Waals surface area (Å²) in [5, 5.41) is 1.92. The zero-order chi connectivity index (χ0) is 20.4. The van der Waals surface area contributed by atoms with E-state index < -0.39 is 5.97 Å². The van der Waals surface area contributed by atoms with Crippen molar-refractivity contribution in [3.63, 3.8) is 0 Å².